The largest absolute Gasteiger partial charge is 0.493 e. The second-order valence-electron chi connectivity index (χ2n) is 5.94. The van der Waals surface area contributed by atoms with E-state index in [2.05, 4.69) is 4.90 Å². The smallest absolute Gasteiger partial charge is 0.269 e. The molecule has 2 aromatic carbocycles. The van der Waals surface area contributed by atoms with Crippen LogP contribution in [0.3, 0.4) is 0 Å². The summed E-state index contributed by atoms with van der Waals surface area (Å²) >= 11 is 0. The molecule has 0 saturated carbocycles. The minimum Gasteiger partial charge on any atom is -0.493 e. The Morgan fingerprint density at radius 1 is 1.08 bits per heavy atom. The molecule has 140 valence electrons. The third kappa shape index (κ3) is 4.05. The molecule has 2 aromatic rings. The molecule has 0 aliphatic rings. The zero-order chi connectivity index (χ0) is 19.3. The van der Waals surface area contributed by atoms with Gasteiger partial charge >= 0.3 is 0 Å². The lowest BCUT2D eigenvalue weighted by molar-refractivity contribution is -0.384. The number of hydrogen-bond acceptors (Lipinski definition) is 6. The van der Waals surface area contributed by atoms with Crippen LogP contribution in [0, 0.1) is 10.1 Å². The van der Waals surface area contributed by atoms with Gasteiger partial charge in [0, 0.05) is 30.3 Å². The van der Waals surface area contributed by atoms with E-state index in [4.69, 9.17) is 14.2 Å². The van der Waals surface area contributed by atoms with Crippen LogP contribution in [0.1, 0.15) is 24.1 Å². The van der Waals surface area contributed by atoms with E-state index in [0.29, 0.717) is 23.8 Å². The van der Waals surface area contributed by atoms with Crippen LogP contribution in [-0.2, 0) is 6.54 Å². The molecule has 0 aliphatic heterocycles. The molecule has 0 amide bonds. The standard InChI is InChI=1S/C19H24N2O5/c1-13(14-7-6-8-16(11-14)21(22)23)20(2)12-15-9-10-17(24-3)19(26-5)18(15)25-4/h6-11,13H,12H2,1-5H3. The van der Waals surface area contributed by atoms with E-state index < -0.39 is 0 Å². The first-order valence-corrected chi connectivity index (χ1v) is 8.15. The SMILES string of the molecule is COc1ccc(CN(C)C(C)c2cccc([N+](=O)[O-])c2)c(OC)c1OC. The van der Waals surface area contributed by atoms with Crippen LogP contribution in [0.5, 0.6) is 17.2 Å². The summed E-state index contributed by atoms with van der Waals surface area (Å²) in [7, 11) is 6.69. The van der Waals surface area contributed by atoms with E-state index >= 15 is 0 Å². The molecule has 0 saturated heterocycles. The van der Waals surface area contributed by atoms with Crippen LogP contribution in [0.15, 0.2) is 36.4 Å². The molecule has 2 rings (SSSR count). The van der Waals surface area contributed by atoms with Crippen molar-refractivity contribution in [1.29, 1.82) is 0 Å². The van der Waals surface area contributed by atoms with Crippen molar-refractivity contribution in [3.63, 3.8) is 0 Å². The predicted octanol–water partition coefficient (Wildman–Crippen LogP) is 3.81. The highest BCUT2D eigenvalue weighted by Gasteiger charge is 2.20. The fraction of sp³-hybridized carbons (Fsp3) is 0.368. The third-order valence-corrected chi connectivity index (χ3v) is 4.43. The maximum absolute atomic E-state index is 11.0. The van der Waals surface area contributed by atoms with Crippen molar-refractivity contribution < 1.29 is 19.1 Å². The highest BCUT2D eigenvalue weighted by Crippen LogP contribution is 2.40. The van der Waals surface area contributed by atoms with Crippen molar-refractivity contribution >= 4 is 5.69 Å². The van der Waals surface area contributed by atoms with Crippen LogP contribution in [-0.4, -0.2) is 38.2 Å². The zero-order valence-electron chi connectivity index (χ0n) is 15.7. The Hall–Kier alpha value is -2.80. The molecular formula is C19H24N2O5. The second kappa shape index (κ2) is 8.53. The monoisotopic (exact) mass is 360 g/mol. The van der Waals surface area contributed by atoms with E-state index in [0.717, 1.165) is 11.1 Å². The first-order valence-electron chi connectivity index (χ1n) is 8.15. The summed E-state index contributed by atoms with van der Waals surface area (Å²) in [5.41, 5.74) is 1.90. The number of hydrogen-bond donors (Lipinski definition) is 0. The van der Waals surface area contributed by atoms with E-state index in [-0.39, 0.29) is 16.7 Å². The van der Waals surface area contributed by atoms with Gasteiger partial charge in [-0.2, -0.15) is 0 Å². The average molecular weight is 360 g/mol. The van der Waals surface area contributed by atoms with Gasteiger partial charge in [-0.05, 0) is 25.6 Å². The summed E-state index contributed by atoms with van der Waals surface area (Å²) in [4.78, 5) is 12.7. The molecule has 1 unspecified atom stereocenters. The van der Waals surface area contributed by atoms with E-state index in [1.165, 1.54) is 6.07 Å². The van der Waals surface area contributed by atoms with E-state index in [1.807, 2.05) is 32.2 Å². The molecule has 0 fully saturated rings. The molecular weight excluding hydrogens is 336 g/mol. The van der Waals surface area contributed by atoms with Crippen LogP contribution in [0.2, 0.25) is 0 Å². The quantitative estimate of drug-likeness (QED) is 0.526. The third-order valence-electron chi connectivity index (χ3n) is 4.43. The van der Waals surface area contributed by atoms with Crippen molar-refractivity contribution in [2.45, 2.75) is 19.5 Å². The lowest BCUT2D eigenvalue weighted by Gasteiger charge is -2.26. The summed E-state index contributed by atoms with van der Waals surface area (Å²) in [6, 6.07) is 10.4. The summed E-state index contributed by atoms with van der Waals surface area (Å²) in [6.07, 6.45) is 0. The molecule has 26 heavy (non-hydrogen) atoms. The van der Waals surface area contributed by atoms with Crippen molar-refractivity contribution in [1.82, 2.24) is 4.90 Å². The number of non-ortho nitro benzene ring substituents is 1. The van der Waals surface area contributed by atoms with Crippen LogP contribution in [0.4, 0.5) is 5.69 Å². The highest BCUT2D eigenvalue weighted by atomic mass is 16.6. The number of nitrogens with zero attached hydrogens (tertiary/aromatic N) is 2. The van der Waals surface area contributed by atoms with Gasteiger partial charge in [-0.1, -0.05) is 18.2 Å². The Morgan fingerprint density at radius 2 is 1.77 bits per heavy atom. The van der Waals surface area contributed by atoms with Crippen LogP contribution in [0.25, 0.3) is 0 Å². The number of methoxy groups -OCH3 is 3. The summed E-state index contributed by atoms with van der Waals surface area (Å²) in [6.45, 7) is 2.58. The molecule has 0 heterocycles. The molecule has 0 spiro atoms. The molecule has 0 N–H and O–H groups in total. The Bertz CT molecular complexity index is 779. The van der Waals surface area contributed by atoms with E-state index in [9.17, 15) is 10.1 Å². The lowest BCUT2D eigenvalue weighted by atomic mass is 10.1. The number of nitro benzene ring substituents is 1. The van der Waals surface area contributed by atoms with Gasteiger partial charge < -0.3 is 14.2 Å². The number of nitro groups is 1. The second-order valence-corrected chi connectivity index (χ2v) is 5.94. The maximum atomic E-state index is 11.0. The van der Waals surface area contributed by atoms with Gasteiger partial charge in [0.1, 0.15) is 0 Å². The fourth-order valence-electron chi connectivity index (χ4n) is 2.85. The minimum atomic E-state index is -0.381. The molecule has 0 bridgehead atoms. The van der Waals surface area contributed by atoms with Crippen molar-refractivity contribution in [3.8, 4) is 17.2 Å². The zero-order valence-corrected chi connectivity index (χ0v) is 15.7. The van der Waals surface area contributed by atoms with Crippen molar-refractivity contribution in [2.75, 3.05) is 28.4 Å². The first kappa shape index (κ1) is 19.5. The van der Waals surface area contributed by atoms with Gasteiger partial charge in [0.25, 0.3) is 5.69 Å². The summed E-state index contributed by atoms with van der Waals surface area (Å²) in [5, 5.41) is 11.0. The number of benzene rings is 2. The molecule has 7 heteroatoms. The van der Waals surface area contributed by atoms with Gasteiger partial charge in [0.2, 0.25) is 5.75 Å². The topological polar surface area (TPSA) is 74.1 Å². The molecule has 7 nitrogen and oxygen atoms in total. The van der Waals surface area contributed by atoms with Crippen molar-refractivity contribution in [3.05, 3.63) is 57.6 Å². The van der Waals surface area contributed by atoms with Gasteiger partial charge in [-0.15, -0.1) is 0 Å². The van der Waals surface area contributed by atoms with Crippen LogP contribution >= 0.6 is 0 Å². The molecule has 0 aliphatic carbocycles. The van der Waals surface area contributed by atoms with Gasteiger partial charge in [0.15, 0.2) is 11.5 Å². The van der Waals surface area contributed by atoms with Gasteiger partial charge in [-0.3, -0.25) is 15.0 Å². The maximum Gasteiger partial charge on any atom is 0.269 e. The molecule has 0 aromatic heterocycles. The summed E-state index contributed by atoms with van der Waals surface area (Å²) in [5.74, 6) is 1.76. The molecule has 1 atom stereocenters. The minimum absolute atomic E-state index is 0.0206. The average Bonchev–Trinajstić information content (AvgIpc) is 2.66. The number of ether oxygens (including phenoxy) is 3. The first-order chi connectivity index (χ1) is 12.4. The summed E-state index contributed by atoms with van der Waals surface area (Å²) < 4.78 is 16.3. The Kier molecular flexibility index (Phi) is 6.41. The van der Waals surface area contributed by atoms with Gasteiger partial charge in [0.05, 0.1) is 26.3 Å². The van der Waals surface area contributed by atoms with Gasteiger partial charge in [-0.25, -0.2) is 0 Å². The van der Waals surface area contributed by atoms with Crippen molar-refractivity contribution in [2.24, 2.45) is 0 Å². The Balaban J connectivity index is 2.28. The lowest BCUT2D eigenvalue weighted by Crippen LogP contribution is -2.22. The molecule has 0 radical (unpaired) electrons. The van der Waals surface area contributed by atoms with Crippen LogP contribution < -0.4 is 14.2 Å². The highest BCUT2D eigenvalue weighted by molar-refractivity contribution is 5.55. The normalized spacial score (nSPS) is 11.9. The predicted molar refractivity (Wildman–Crippen MR) is 99.1 cm³/mol. The number of rotatable bonds is 8. The Morgan fingerprint density at radius 3 is 2.35 bits per heavy atom. The Labute approximate surface area is 153 Å². The van der Waals surface area contributed by atoms with E-state index in [1.54, 1.807) is 33.5 Å². The fourth-order valence-corrected chi connectivity index (χ4v) is 2.85.